The molecule has 2 fully saturated rings. The van der Waals surface area contributed by atoms with Crippen molar-refractivity contribution in [2.75, 3.05) is 26.3 Å². The maximum Gasteiger partial charge on any atom is 0.302 e. The monoisotopic (exact) mass is 494 g/mol. The van der Waals surface area contributed by atoms with Gasteiger partial charge < -0.3 is 9.72 Å². The molecule has 10 heteroatoms. The van der Waals surface area contributed by atoms with Crippen LogP contribution in [-0.2, 0) is 24.9 Å². The first-order valence-corrected chi connectivity index (χ1v) is 13.6. The first-order chi connectivity index (χ1) is 17.0. The quantitative estimate of drug-likeness (QED) is 0.325. The second-order valence-corrected chi connectivity index (χ2v) is 11.7. The molecule has 0 bridgehead atoms. The second kappa shape index (κ2) is 8.25. The first kappa shape index (κ1) is 22.4. The summed E-state index contributed by atoms with van der Waals surface area (Å²) >= 11 is 0. The van der Waals surface area contributed by atoms with Crippen LogP contribution in [0.5, 0.6) is 0 Å². The number of aromatic amines is 2. The Balaban J connectivity index is 1.70. The molecule has 1 saturated heterocycles. The minimum Gasteiger partial charge on any atom is -0.370 e. The number of hydrogen-bond donors (Lipinski definition) is 2. The third-order valence-electron chi connectivity index (χ3n) is 8.06. The Morgan fingerprint density at radius 3 is 2.69 bits per heavy atom. The summed E-state index contributed by atoms with van der Waals surface area (Å²) in [4.78, 5) is 21.0. The van der Waals surface area contributed by atoms with Crippen LogP contribution in [-0.4, -0.2) is 71.0 Å². The molecule has 2 atom stereocenters. The molecule has 1 amide bonds. The molecular weight excluding hydrogens is 466 g/mol. The summed E-state index contributed by atoms with van der Waals surface area (Å²) < 4.78 is 34.3. The number of rotatable bonds is 5. The van der Waals surface area contributed by atoms with Gasteiger partial charge in [-0.2, -0.15) is 5.10 Å². The van der Waals surface area contributed by atoms with Gasteiger partial charge in [-0.15, -0.1) is 0 Å². The molecule has 9 nitrogen and oxygen atoms in total. The fourth-order valence-electron chi connectivity index (χ4n) is 6.43. The summed E-state index contributed by atoms with van der Waals surface area (Å²) in [5.41, 5.74) is 1.02. The van der Waals surface area contributed by atoms with Gasteiger partial charge in [0.1, 0.15) is 35.2 Å². The Kier molecular flexibility index (Phi) is 5.28. The Morgan fingerprint density at radius 1 is 1.11 bits per heavy atom. The number of morpholine rings is 1. The van der Waals surface area contributed by atoms with Crippen molar-refractivity contribution in [2.24, 2.45) is 0 Å². The number of carbonyl (C=O) groups excluding carboxylic acids is 1. The van der Waals surface area contributed by atoms with Gasteiger partial charge in [0.2, 0.25) is 0 Å². The van der Waals surface area contributed by atoms with Gasteiger partial charge in [-0.1, -0.05) is 24.6 Å². The number of sulfone groups is 1. The topological polar surface area (TPSA) is 118 Å². The second-order valence-electron chi connectivity index (χ2n) is 9.57. The number of ether oxygens (including phenoxy) is 1. The van der Waals surface area contributed by atoms with Crippen LogP contribution >= 0.6 is 0 Å². The predicted molar refractivity (Wildman–Crippen MR) is 130 cm³/mol. The summed E-state index contributed by atoms with van der Waals surface area (Å²) in [5.74, 6) is 0. The van der Waals surface area contributed by atoms with E-state index in [0.29, 0.717) is 56.0 Å². The molecule has 3 aromatic heterocycles. The fraction of sp³-hybridized carbons (Fsp3) is 0.400. The van der Waals surface area contributed by atoms with Gasteiger partial charge in [0, 0.05) is 23.4 Å². The third kappa shape index (κ3) is 3.13. The number of fused-ring (bicyclic) bond motifs is 3. The molecule has 4 heterocycles. The highest BCUT2D eigenvalue weighted by Crippen LogP contribution is 2.52. The lowest BCUT2D eigenvalue weighted by Gasteiger charge is -2.54. The zero-order valence-corrected chi connectivity index (χ0v) is 20.1. The average molecular weight is 495 g/mol. The number of quaternary nitrogens is 1. The lowest BCUT2D eigenvalue weighted by Crippen LogP contribution is -2.71. The number of pyridine rings is 1. The Morgan fingerprint density at radius 2 is 1.91 bits per heavy atom. The molecule has 0 unspecified atom stereocenters. The van der Waals surface area contributed by atoms with Crippen molar-refractivity contribution in [3.63, 3.8) is 0 Å². The standard InChI is InChI=1S/C25H28N5O4S/c31-17-30(12-14-34-15-13-30)25(23-22-19-9-11-26-24(19)27-16-20(22)28-29-23)10-5-4-8-21(25)35(32,33)18-6-2-1-3-7-18/h1-3,6-7,9,11,16-17,21H,4-5,8,10,12-15H2,(H,26,27)(H,28,29)/q+1/t21-,25-/m0/s1. The maximum atomic E-state index is 14.3. The lowest BCUT2D eigenvalue weighted by molar-refractivity contribution is -0.916. The van der Waals surface area contributed by atoms with Gasteiger partial charge in [-0.3, -0.25) is 5.10 Å². The van der Waals surface area contributed by atoms with Crippen LogP contribution in [0.2, 0.25) is 0 Å². The van der Waals surface area contributed by atoms with E-state index >= 15 is 0 Å². The maximum absolute atomic E-state index is 14.3. The van der Waals surface area contributed by atoms with E-state index in [1.54, 1.807) is 30.5 Å². The van der Waals surface area contributed by atoms with Crippen LogP contribution in [0, 0.1) is 0 Å². The summed E-state index contributed by atoms with van der Waals surface area (Å²) in [6, 6.07) is 10.5. The van der Waals surface area contributed by atoms with E-state index in [1.807, 2.05) is 18.3 Å². The van der Waals surface area contributed by atoms with Gasteiger partial charge in [-0.25, -0.2) is 22.7 Å². The Bertz CT molecular complexity index is 1490. The highest BCUT2D eigenvalue weighted by Gasteiger charge is 2.64. The highest BCUT2D eigenvalue weighted by molar-refractivity contribution is 7.92. The van der Waals surface area contributed by atoms with Gasteiger partial charge >= 0.3 is 6.41 Å². The smallest absolute Gasteiger partial charge is 0.302 e. The van der Waals surface area contributed by atoms with Crippen LogP contribution < -0.4 is 0 Å². The molecule has 1 saturated carbocycles. The number of benzene rings is 1. The van der Waals surface area contributed by atoms with Crippen molar-refractivity contribution in [3.05, 3.63) is 54.5 Å². The minimum absolute atomic E-state index is 0.00470. The number of aromatic nitrogens is 4. The van der Waals surface area contributed by atoms with E-state index in [1.165, 1.54) is 0 Å². The van der Waals surface area contributed by atoms with Gasteiger partial charge in [-0.05, 0) is 31.0 Å². The molecule has 6 rings (SSSR count). The zero-order valence-electron chi connectivity index (χ0n) is 19.3. The van der Waals surface area contributed by atoms with E-state index in [0.717, 1.165) is 30.0 Å². The molecule has 4 aromatic rings. The van der Waals surface area contributed by atoms with Crippen molar-refractivity contribution in [1.29, 1.82) is 0 Å². The van der Waals surface area contributed by atoms with Gasteiger partial charge in [0.15, 0.2) is 15.4 Å². The molecule has 35 heavy (non-hydrogen) atoms. The van der Waals surface area contributed by atoms with Crippen molar-refractivity contribution in [2.45, 2.75) is 41.4 Å². The molecule has 2 N–H and O–H groups in total. The van der Waals surface area contributed by atoms with Crippen LogP contribution in [0.25, 0.3) is 21.9 Å². The molecular formula is C25H28N5O4S+. The summed E-state index contributed by atoms with van der Waals surface area (Å²) in [5, 5.41) is 8.69. The summed E-state index contributed by atoms with van der Waals surface area (Å²) in [6.07, 6.45) is 7.08. The average Bonchev–Trinajstić information content (AvgIpc) is 3.56. The number of hydrogen-bond acceptors (Lipinski definition) is 6. The molecule has 1 aliphatic heterocycles. The van der Waals surface area contributed by atoms with Crippen molar-refractivity contribution < 1.29 is 22.4 Å². The number of nitrogens with one attached hydrogen (secondary N) is 2. The third-order valence-corrected chi connectivity index (χ3v) is 10.4. The minimum atomic E-state index is -3.79. The molecule has 2 aliphatic rings. The SMILES string of the molecule is O=C[N+]1([C@@]2(c3[nH]nc4cnc5[nH]ccc5c34)CCCC[C@@H]2S(=O)(=O)c2ccccc2)CCOCC1. The Hall–Kier alpha value is -3.08. The van der Waals surface area contributed by atoms with Crippen molar-refractivity contribution in [3.8, 4) is 0 Å². The molecule has 0 spiro atoms. The fourth-order valence-corrected chi connectivity index (χ4v) is 8.73. The molecule has 1 aliphatic carbocycles. The predicted octanol–water partition coefficient (Wildman–Crippen LogP) is 3.05. The molecule has 1 aromatic carbocycles. The number of H-pyrrole nitrogens is 2. The van der Waals surface area contributed by atoms with Crippen LogP contribution in [0.3, 0.4) is 0 Å². The molecule has 0 radical (unpaired) electrons. The normalized spacial score (nSPS) is 25.1. The highest BCUT2D eigenvalue weighted by atomic mass is 32.2. The largest absolute Gasteiger partial charge is 0.370 e. The lowest BCUT2D eigenvalue weighted by atomic mass is 9.74. The van der Waals surface area contributed by atoms with Gasteiger partial charge in [0.25, 0.3) is 0 Å². The number of nitrogens with zero attached hydrogens (tertiary/aromatic N) is 3. The van der Waals surface area contributed by atoms with E-state index in [2.05, 4.69) is 20.2 Å². The van der Waals surface area contributed by atoms with E-state index in [-0.39, 0.29) is 9.38 Å². The van der Waals surface area contributed by atoms with E-state index < -0.39 is 20.6 Å². The van der Waals surface area contributed by atoms with E-state index in [4.69, 9.17) is 4.74 Å². The summed E-state index contributed by atoms with van der Waals surface area (Å²) in [6.45, 7) is 1.61. The van der Waals surface area contributed by atoms with Crippen LogP contribution in [0.4, 0.5) is 0 Å². The number of amides is 1. The zero-order chi connectivity index (χ0) is 24.1. The summed E-state index contributed by atoms with van der Waals surface area (Å²) in [7, 11) is -3.79. The van der Waals surface area contributed by atoms with Crippen molar-refractivity contribution >= 4 is 38.2 Å². The van der Waals surface area contributed by atoms with Crippen molar-refractivity contribution in [1.82, 2.24) is 20.2 Å². The Labute approximate surface area is 203 Å². The van der Waals surface area contributed by atoms with Crippen LogP contribution in [0.1, 0.15) is 31.4 Å². The number of carbonyl (C=O) groups is 1. The van der Waals surface area contributed by atoms with E-state index in [9.17, 15) is 13.2 Å². The van der Waals surface area contributed by atoms with Gasteiger partial charge in [0.05, 0.1) is 24.3 Å². The molecule has 182 valence electrons. The first-order valence-electron chi connectivity index (χ1n) is 12.0. The van der Waals surface area contributed by atoms with Crippen LogP contribution in [0.15, 0.2) is 53.7 Å².